The molecule has 0 bridgehead atoms. The first-order valence-corrected chi connectivity index (χ1v) is 10.8. The molecule has 24 heavy (non-hydrogen) atoms. The third-order valence-electron chi connectivity index (χ3n) is 5.69. The van der Waals surface area contributed by atoms with E-state index in [0.717, 1.165) is 0 Å². The normalized spacial score (nSPS) is 14.9. The van der Waals surface area contributed by atoms with Crippen molar-refractivity contribution in [3.63, 3.8) is 0 Å². The molecule has 0 spiro atoms. The fourth-order valence-electron chi connectivity index (χ4n) is 3.45. The Kier molecular flexibility index (Phi) is 19.9. The van der Waals surface area contributed by atoms with Crippen LogP contribution in [0.25, 0.3) is 0 Å². The van der Waals surface area contributed by atoms with Crippen LogP contribution in [-0.2, 0) is 0 Å². The van der Waals surface area contributed by atoms with Gasteiger partial charge in [-0.25, -0.2) is 0 Å². The molecule has 2 atom stereocenters. The van der Waals surface area contributed by atoms with E-state index in [1.54, 1.807) is 0 Å². The first-order chi connectivity index (χ1) is 11.0. The SMILES string of the molecule is CCCCCCCCCCCCC(C)(N)C(C)CCCCCC.Cl. The van der Waals surface area contributed by atoms with Crippen LogP contribution in [0.5, 0.6) is 0 Å². The molecule has 0 rings (SSSR count). The van der Waals surface area contributed by atoms with Crippen molar-refractivity contribution in [3.05, 3.63) is 0 Å². The number of halogens is 1. The molecule has 0 aromatic heterocycles. The van der Waals surface area contributed by atoms with Crippen molar-refractivity contribution in [3.8, 4) is 0 Å². The highest BCUT2D eigenvalue weighted by Crippen LogP contribution is 2.26. The van der Waals surface area contributed by atoms with E-state index in [2.05, 4.69) is 27.7 Å². The molecule has 0 aromatic carbocycles. The predicted octanol–water partition coefficient (Wildman–Crippen LogP) is 8.04. The van der Waals surface area contributed by atoms with E-state index in [1.165, 1.54) is 103 Å². The summed E-state index contributed by atoms with van der Waals surface area (Å²) >= 11 is 0. The van der Waals surface area contributed by atoms with Crippen molar-refractivity contribution < 1.29 is 0 Å². The molecular weight excluding hydrogens is 314 g/mol. The molecule has 0 radical (unpaired) electrons. The predicted molar refractivity (Wildman–Crippen MR) is 114 cm³/mol. The quantitative estimate of drug-likeness (QED) is 0.260. The average molecular weight is 362 g/mol. The van der Waals surface area contributed by atoms with Gasteiger partial charge < -0.3 is 5.73 Å². The first kappa shape index (κ1) is 26.5. The van der Waals surface area contributed by atoms with Gasteiger partial charge in [0.15, 0.2) is 0 Å². The molecule has 2 heteroatoms. The first-order valence-electron chi connectivity index (χ1n) is 10.8. The third-order valence-corrected chi connectivity index (χ3v) is 5.69. The average Bonchev–Trinajstić information content (AvgIpc) is 2.53. The van der Waals surface area contributed by atoms with E-state index in [1.807, 2.05) is 0 Å². The van der Waals surface area contributed by atoms with Gasteiger partial charge in [0, 0.05) is 5.54 Å². The number of hydrogen-bond donors (Lipinski definition) is 1. The second-order valence-electron chi connectivity index (χ2n) is 8.19. The molecule has 0 aliphatic rings. The van der Waals surface area contributed by atoms with Crippen LogP contribution in [-0.4, -0.2) is 5.54 Å². The monoisotopic (exact) mass is 361 g/mol. The van der Waals surface area contributed by atoms with Gasteiger partial charge >= 0.3 is 0 Å². The molecule has 0 aliphatic heterocycles. The van der Waals surface area contributed by atoms with Crippen LogP contribution in [0.3, 0.4) is 0 Å². The van der Waals surface area contributed by atoms with Gasteiger partial charge in [-0.3, -0.25) is 0 Å². The van der Waals surface area contributed by atoms with Gasteiger partial charge in [0.1, 0.15) is 0 Å². The lowest BCUT2D eigenvalue weighted by Gasteiger charge is -2.32. The van der Waals surface area contributed by atoms with E-state index in [9.17, 15) is 0 Å². The minimum Gasteiger partial charge on any atom is -0.325 e. The molecule has 0 saturated carbocycles. The Labute approximate surface area is 160 Å². The van der Waals surface area contributed by atoms with Crippen LogP contribution < -0.4 is 5.73 Å². The summed E-state index contributed by atoms with van der Waals surface area (Å²) in [5.41, 5.74) is 6.63. The fraction of sp³-hybridized carbons (Fsp3) is 1.00. The van der Waals surface area contributed by atoms with Crippen molar-refractivity contribution in [1.29, 1.82) is 0 Å². The molecule has 148 valence electrons. The van der Waals surface area contributed by atoms with Gasteiger partial charge in [-0.15, -0.1) is 12.4 Å². The molecular formula is C22H48ClN. The second-order valence-corrected chi connectivity index (χ2v) is 8.19. The Morgan fingerprint density at radius 3 is 1.50 bits per heavy atom. The van der Waals surface area contributed by atoms with Crippen molar-refractivity contribution in [2.75, 3.05) is 0 Å². The van der Waals surface area contributed by atoms with Crippen LogP contribution >= 0.6 is 12.4 Å². The van der Waals surface area contributed by atoms with Crippen molar-refractivity contribution in [1.82, 2.24) is 0 Å². The molecule has 0 saturated heterocycles. The lowest BCUT2D eigenvalue weighted by molar-refractivity contribution is 0.265. The summed E-state index contributed by atoms with van der Waals surface area (Å²) in [4.78, 5) is 0. The number of unbranched alkanes of at least 4 members (excludes halogenated alkanes) is 12. The van der Waals surface area contributed by atoms with Crippen LogP contribution in [0.1, 0.15) is 130 Å². The number of hydrogen-bond acceptors (Lipinski definition) is 1. The van der Waals surface area contributed by atoms with E-state index in [4.69, 9.17) is 5.73 Å². The number of nitrogens with two attached hydrogens (primary N) is 1. The maximum atomic E-state index is 6.58. The minimum atomic E-state index is 0. The fourth-order valence-corrected chi connectivity index (χ4v) is 3.45. The molecule has 0 amide bonds. The molecule has 0 fully saturated rings. The molecule has 1 nitrogen and oxygen atoms in total. The summed E-state index contributed by atoms with van der Waals surface area (Å²) in [6.07, 6.45) is 22.1. The second kappa shape index (κ2) is 18.1. The van der Waals surface area contributed by atoms with Gasteiger partial charge in [-0.1, -0.05) is 111 Å². The maximum absolute atomic E-state index is 6.58. The van der Waals surface area contributed by atoms with E-state index >= 15 is 0 Å². The third kappa shape index (κ3) is 15.8. The van der Waals surface area contributed by atoms with Crippen molar-refractivity contribution >= 4 is 12.4 Å². The number of rotatable bonds is 17. The van der Waals surface area contributed by atoms with E-state index in [-0.39, 0.29) is 17.9 Å². The highest BCUT2D eigenvalue weighted by Gasteiger charge is 2.25. The summed E-state index contributed by atoms with van der Waals surface area (Å²) in [5, 5.41) is 0. The standard InChI is InChI=1S/C22H47N.ClH/c1-5-7-9-11-12-13-14-15-16-18-20-22(4,23)21(3)19-17-10-8-6-2;/h21H,5-20,23H2,1-4H3;1H. The summed E-state index contributed by atoms with van der Waals surface area (Å²) in [7, 11) is 0. The Morgan fingerprint density at radius 1 is 0.667 bits per heavy atom. The molecule has 0 heterocycles. The van der Waals surface area contributed by atoms with E-state index in [0.29, 0.717) is 5.92 Å². The summed E-state index contributed by atoms with van der Waals surface area (Å²) < 4.78 is 0. The Hall–Kier alpha value is 0.250. The Balaban J connectivity index is 0. The van der Waals surface area contributed by atoms with Crippen LogP contribution in [0.15, 0.2) is 0 Å². The van der Waals surface area contributed by atoms with Crippen molar-refractivity contribution in [2.24, 2.45) is 11.7 Å². The summed E-state index contributed by atoms with van der Waals surface area (Å²) in [6, 6.07) is 0. The highest BCUT2D eigenvalue weighted by atomic mass is 35.5. The summed E-state index contributed by atoms with van der Waals surface area (Å²) in [5.74, 6) is 0.665. The summed E-state index contributed by atoms with van der Waals surface area (Å²) in [6.45, 7) is 9.21. The smallest absolute Gasteiger partial charge is 0.0151 e. The van der Waals surface area contributed by atoms with Crippen LogP contribution in [0.4, 0.5) is 0 Å². The zero-order chi connectivity index (χ0) is 17.4. The van der Waals surface area contributed by atoms with Gasteiger partial charge in [0.25, 0.3) is 0 Å². The van der Waals surface area contributed by atoms with Crippen LogP contribution in [0.2, 0.25) is 0 Å². The maximum Gasteiger partial charge on any atom is 0.0151 e. The molecule has 2 unspecified atom stereocenters. The minimum absolute atomic E-state index is 0. The van der Waals surface area contributed by atoms with Gasteiger partial charge in [0.05, 0.1) is 0 Å². The Bertz CT molecular complexity index is 240. The molecule has 0 aliphatic carbocycles. The molecule has 0 aromatic rings. The zero-order valence-corrected chi connectivity index (χ0v) is 18.2. The lowest BCUT2D eigenvalue weighted by Crippen LogP contribution is -2.42. The van der Waals surface area contributed by atoms with Gasteiger partial charge in [-0.2, -0.15) is 0 Å². The highest BCUT2D eigenvalue weighted by molar-refractivity contribution is 5.85. The Morgan fingerprint density at radius 2 is 1.04 bits per heavy atom. The van der Waals surface area contributed by atoms with Gasteiger partial charge in [0.2, 0.25) is 0 Å². The van der Waals surface area contributed by atoms with Crippen molar-refractivity contribution in [2.45, 2.75) is 136 Å². The largest absolute Gasteiger partial charge is 0.325 e. The van der Waals surface area contributed by atoms with E-state index < -0.39 is 0 Å². The lowest BCUT2D eigenvalue weighted by atomic mass is 9.80. The molecule has 2 N–H and O–H groups in total. The van der Waals surface area contributed by atoms with Gasteiger partial charge in [-0.05, 0) is 25.7 Å². The zero-order valence-electron chi connectivity index (χ0n) is 17.4. The van der Waals surface area contributed by atoms with Crippen LogP contribution in [0, 0.1) is 5.92 Å². The topological polar surface area (TPSA) is 26.0 Å².